The Balaban J connectivity index is 1.67. The van der Waals surface area contributed by atoms with Gasteiger partial charge in [0.1, 0.15) is 11.6 Å². The van der Waals surface area contributed by atoms with Gasteiger partial charge in [-0.1, -0.05) is 15.9 Å². The van der Waals surface area contributed by atoms with Gasteiger partial charge in [0.2, 0.25) is 0 Å². The summed E-state index contributed by atoms with van der Waals surface area (Å²) in [5.41, 5.74) is -0.286. The molecule has 1 aliphatic heterocycles. The van der Waals surface area contributed by atoms with Crippen molar-refractivity contribution in [3.05, 3.63) is 52.1 Å². The number of alkyl halides is 3. The molecule has 1 fully saturated rings. The van der Waals surface area contributed by atoms with E-state index in [1.165, 1.54) is 6.07 Å². The van der Waals surface area contributed by atoms with E-state index in [1.54, 1.807) is 23.1 Å². The van der Waals surface area contributed by atoms with Gasteiger partial charge in [-0.15, -0.1) is 0 Å². The number of carbonyl (C=O) groups excluding carboxylic acids is 1. The van der Waals surface area contributed by atoms with Gasteiger partial charge in [0, 0.05) is 36.8 Å². The molecule has 1 aliphatic rings. The normalized spacial score (nSPS) is 15.0. The molecular weight excluding hydrogens is 451 g/mol. The van der Waals surface area contributed by atoms with Crippen LogP contribution in [0.2, 0.25) is 0 Å². The highest BCUT2D eigenvalue weighted by Gasteiger charge is 2.31. The van der Waals surface area contributed by atoms with Crippen molar-refractivity contribution >= 4 is 27.7 Å². The monoisotopic (exact) mass is 471 g/mol. The van der Waals surface area contributed by atoms with E-state index in [9.17, 15) is 18.0 Å². The molecule has 0 N–H and O–H groups in total. The fourth-order valence-corrected chi connectivity index (χ4v) is 3.41. The van der Waals surface area contributed by atoms with Gasteiger partial charge in [0.05, 0.1) is 17.2 Å². The molecule has 29 heavy (non-hydrogen) atoms. The maximum atomic E-state index is 13.0. The topological polar surface area (TPSA) is 45.7 Å². The fraction of sp³-hybridized carbons (Fsp3) is 0.400. The fourth-order valence-electron chi connectivity index (χ4n) is 3.07. The van der Waals surface area contributed by atoms with Crippen molar-refractivity contribution in [1.29, 1.82) is 0 Å². The molecule has 0 bridgehead atoms. The third kappa shape index (κ3) is 5.20. The minimum Gasteiger partial charge on any atom is -0.490 e. The quantitative estimate of drug-likeness (QED) is 0.652. The van der Waals surface area contributed by atoms with Crippen LogP contribution in [0.4, 0.5) is 19.0 Å². The molecule has 0 saturated carbocycles. The average molecular weight is 472 g/mol. The number of aromatic nitrogens is 1. The second kappa shape index (κ2) is 8.61. The number of hydrogen-bond acceptors (Lipinski definition) is 4. The van der Waals surface area contributed by atoms with Crippen molar-refractivity contribution < 1.29 is 22.7 Å². The van der Waals surface area contributed by atoms with Crippen LogP contribution in [0.25, 0.3) is 0 Å². The van der Waals surface area contributed by atoms with Crippen LogP contribution < -0.4 is 9.64 Å². The molecule has 0 aliphatic carbocycles. The number of ether oxygens (including phenoxy) is 1. The number of amides is 1. The smallest absolute Gasteiger partial charge is 0.417 e. The molecular formula is C20H21BrF3N3O2. The van der Waals surface area contributed by atoms with Crippen molar-refractivity contribution in [3.8, 4) is 5.75 Å². The van der Waals surface area contributed by atoms with Crippen LogP contribution in [0.3, 0.4) is 0 Å². The zero-order chi connectivity index (χ0) is 21.2. The van der Waals surface area contributed by atoms with Crippen LogP contribution in [-0.2, 0) is 6.18 Å². The second-order valence-electron chi connectivity index (χ2n) is 6.99. The lowest BCUT2D eigenvalue weighted by Gasteiger charge is -2.35. The number of hydrogen-bond donors (Lipinski definition) is 0. The Morgan fingerprint density at radius 1 is 1.14 bits per heavy atom. The van der Waals surface area contributed by atoms with Gasteiger partial charge in [-0.2, -0.15) is 13.2 Å². The first-order valence-corrected chi connectivity index (χ1v) is 9.98. The first-order chi connectivity index (χ1) is 13.6. The molecule has 0 radical (unpaired) electrons. The Kier molecular flexibility index (Phi) is 6.36. The van der Waals surface area contributed by atoms with E-state index in [-0.39, 0.29) is 12.0 Å². The van der Waals surface area contributed by atoms with Crippen molar-refractivity contribution in [3.63, 3.8) is 0 Å². The molecule has 1 aromatic carbocycles. The van der Waals surface area contributed by atoms with Crippen molar-refractivity contribution in [2.45, 2.75) is 26.1 Å². The van der Waals surface area contributed by atoms with Crippen LogP contribution >= 0.6 is 15.9 Å². The molecule has 156 valence electrons. The van der Waals surface area contributed by atoms with Gasteiger partial charge in [-0.25, -0.2) is 4.98 Å². The van der Waals surface area contributed by atoms with Gasteiger partial charge < -0.3 is 14.5 Å². The highest BCUT2D eigenvalue weighted by molar-refractivity contribution is 9.10. The van der Waals surface area contributed by atoms with Gasteiger partial charge in [-0.3, -0.25) is 4.79 Å². The van der Waals surface area contributed by atoms with E-state index in [0.717, 1.165) is 16.7 Å². The maximum absolute atomic E-state index is 13.0. The highest BCUT2D eigenvalue weighted by atomic mass is 79.9. The summed E-state index contributed by atoms with van der Waals surface area (Å²) in [5.74, 6) is 0.858. The van der Waals surface area contributed by atoms with Gasteiger partial charge >= 0.3 is 6.18 Å². The first kappa shape index (κ1) is 21.4. The summed E-state index contributed by atoms with van der Waals surface area (Å²) in [6.45, 7) is 5.65. The molecule has 1 amide bonds. The molecule has 9 heteroatoms. The zero-order valence-electron chi connectivity index (χ0n) is 16.0. The lowest BCUT2D eigenvalue weighted by Crippen LogP contribution is -2.49. The third-order valence-electron chi connectivity index (χ3n) is 4.50. The number of benzene rings is 1. The molecule has 0 spiro atoms. The number of rotatable bonds is 4. The largest absolute Gasteiger partial charge is 0.490 e. The summed E-state index contributed by atoms with van der Waals surface area (Å²) in [4.78, 5) is 20.5. The Hall–Kier alpha value is -2.29. The third-order valence-corrected chi connectivity index (χ3v) is 5.00. The summed E-state index contributed by atoms with van der Waals surface area (Å²) in [6, 6.07) is 7.69. The SMILES string of the molecule is CC(C)Oc1cc(Br)ccc1C(=O)N1CCN(c2ccc(C(F)(F)F)cn2)CC1. The van der Waals surface area contributed by atoms with E-state index in [2.05, 4.69) is 20.9 Å². The molecule has 5 nitrogen and oxygen atoms in total. The Morgan fingerprint density at radius 2 is 1.83 bits per heavy atom. The van der Waals surface area contributed by atoms with E-state index >= 15 is 0 Å². The number of nitrogens with zero attached hydrogens (tertiary/aromatic N) is 3. The van der Waals surface area contributed by atoms with E-state index in [4.69, 9.17) is 4.74 Å². The predicted octanol–water partition coefficient (Wildman–Crippen LogP) is 4.61. The standard InChI is InChI=1S/C20H21BrF3N3O2/c1-13(2)29-17-11-15(21)4-5-16(17)19(28)27-9-7-26(8-10-27)18-6-3-14(12-25-18)20(22,23)24/h3-6,11-13H,7-10H2,1-2H3. The van der Waals surface area contributed by atoms with Crippen LogP contribution in [0.15, 0.2) is 41.0 Å². The molecule has 3 rings (SSSR count). The van der Waals surface area contributed by atoms with Gasteiger partial charge in [0.15, 0.2) is 0 Å². The summed E-state index contributed by atoms with van der Waals surface area (Å²) in [6.07, 6.45) is -3.64. The molecule has 0 unspecified atom stereocenters. The second-order valence-corrected chi connectivity index (χ2v) is 7.90. The van der Waals surface area contributed by atoms with Crippen molar-refractivity contribution in [2.24, 2.45) is 0 Å². The number of halogens is 4. The van der Waals surface area contributed by atoms with Crippen LogP contribution in [0.5, 0.6) is 5.75 Å². The lowest BCUT2D eigenvalue weighted by atomic mass is 10.1. The summed E-state index contributed by atoms with van der Waals surface area (Å²) < 4.78 is 44.7. The number of anilines is 1. The van der Waals surface area contributed by atoms with Crippen LogP contribution in [0.1, 0.15) is 29.8 Å². The summed E-state index contributed by atoms with van der Waals surface area (Å²) >= 11 is 3.39. The van der Waals surface area contributed by atoms with Crippen LogP contribution in [0, 0.1) is 0 Å². The van der Waals surface area contributed by atoms with Crippen molar-refractivity contribution in [1.82, 2.24) is 9.88 Å². The van der Waals surface area contributed by atoms with E-state index in [0.29, 0.717) is 43.3 Å². The average Bonchev–Trinajstić information content (AvgIpc) is 2.67. The number of carbonyl (C=O) groups is 1. The number of pyridine rings is 1. The minimum atomic E-state index is -4.41. The minimum absolute atomic E-state index is 0.0709. The molecule has 2 heterocycles. The van der Waals surface area contributed by atoms with Crippen LogP contribution in [-0.4, -0.2) is 48.1 Å². The highest BCUT2D eigenvalue weighted by Crippen LogP contribution is 2.30. The Bertz CT molecular complexity index is 864. The number of piperazine rings is 1. The predicted molar refractivity (Wildman–Crippen MR) is 107 cm³/mol. The van der Waals surface area contributed by atoms with E-state index < -0.39 is 11.7 Å². The Morgan fingerprint density at radius 3 is 2.38 bits per heavy atom. The lowest BCUT2D eigenvalue weighted by molar-refractivity contribution is -0.137. The summed E-state index contributed by atoms with van der Waals surface area (Å²) in [5, 5.41) is 0. The van der Waals surface area contributed by atoms with E-state index in [1.807, 2.05) is 18.7 Å². The first-order valence-electron chi connectivity index (χ1n) is 9.19. The molecule has 2 aromatic rings. The maximum Gasteiger partial charge on any atom is 0.417 e. The molecule has 1 aromatic heterocycles. The van der Waals surface area contributed by atoms with Gasteiger partial charge in [-0.05, 0) is 44.2 Å². The van der Waals surface area contributed by atoms with Gasteiger partial charge in [0.25, 0.3) is 5.91 Å². The summed E-state index contributed by atoms with van der Waals surface area (Å²) in [7, 11) is 0. The Labute approximate surface area is 175 Å². The molecule has 1 saturated heterocycles. The van der Waals surface area contributed by atoms with Crippen molar-refractivity contribution in [2.75, 3.05) is 31.1 Å². The molecule has 0 atom stereocenters. The zero-order valence-corrected chi connectivity index (χ0v) is 17.6.